The van der Waals surface area contributed by atoms with Crippen molar-refractivity contribution in [2.45, 2.75) is 18.2 Å². The van der Waals surface area contributed by atoms with E-state index in [-0.39, 0.29) is 24.1 Å². The zero-order valence-corrected chi connectivity index (χ0v) is 17.2. The molecule has 0 unspecified atom stereocenters. The zero-order valence-electron chi connectivity index (χ0n) is 15.6. The van der Waals surface area contributed by atoms with E-state index in [1.54, 1.807) is 17.0 Å². The van der Waals surface area contributed by atoms with E-state index in [0.29, 0.717) is 32.6 Å². The molecule has 0 aliphatic carbocycles. The lowest BCUT2D eigenvalue weighted by atomic mass is 10.1. The first-order valence-corrected chi connectivity index (χ1v) is 10.7. The molecule has 3 rings (SSSR count). The summed E-state index contributed by atoms with van der Waals surface area (Å²) in [5.41, 5.74) is 7.86. The van der Waals surface area contributed by atoms with Crippen molar-refractivity contribution >= 4 is 28.3 Å². The molecule has 0 aromatic heterocycles. The van der Waals surface area contributed by atoms with Gasteiger partial charge in [0.2, 0.25) is 15.9 Å². The zero-order chi connectivity index (χ0) is 19.3. The molecule has 1 amide bonds. The lowest BCUT2D eigenvalue weighted by molar-refractivity contribution is -0.133. The molecule has 0 saturated carbocycles. The number of amides is 1. The summed E-state index contributed by atoms with van der Waals surface area (Å²) in [7, 11) is -3.39. The number of nitrogens with two attached hydrogens (primary N) is 1. The molecule has 1 heterocycles. The van der Waals surface area contributed by atoms with Crippen molar-refractivity contribution in [2.24, 2.45) is 5.73 Å². The summed E-state index contributed by atoms with van der Waals surface area (Å²) in [6.07, 6.45) is 0.478. The Morgan fingerprint density at radius 1 is 0.893 bits per heavy atom. The van der Waals surface area contributed by atoms with Gasteiger partial charge in [0.1, 0.15) is 0 Å². The van der Waals surface area contributed by atoms with E-state index in [9.17, 15) is 13.2 Å². The summed E-state index contributed by atoms with van der Waals surface area (Å²) in [5.74, 6) is -0.145. The average Bonchev–Trinajstić information content (AvgIpc) is 2.69. The van der Waals surface area contributed by atoms with Crippen molar-refractivity contribution in [1.82, 2.24) is 9.21 Å². The Morgan fingerprint density at radius 2 is 1.39 bits per heavy atom. The van der Waals surface area contributed by atoms with Gasteiger partial charge in [0.25, 0.3) is 0 Å². The summed E-state index contributed by atoms with van der Waals surface area (Å²) in [6.45, 7) is 1.35. The molecule has 1 fully saturated rings. The number of rotatable bonds is 6. The molecular weight excluding hydrogens is 398 g/mol. The minimum absolute atomic E-state index is 0. The van der Waals surface area contributed by atoms with Crippen LogP contribution in [0, 0.1) is 0 Å². The quantitative estimate of drug-likeness (QED) is 0.765. The predicted octanol–water partition coefficient (Wildman–Crippen LogP) is 1.65. The molecule has 0 spiro atoms. The number of hydrogen-bond donors (Lipinski definition) is 1. The van der Waals surface area contributed by atoms with E-state index in [1.807, 2.05) is 48.5 Å². The number of sulfonamides is 1. The second kappa shape index (κ2) is 10.0. The normalized spacial score (nSPS) is 16.2. The van der Waals surface area contributed by atoms with Gasteiger partial charge < -0.3 is 10.6 Å². The number of carbonyl (C=O) groups is 1. The number of piperazine rings is 1. The standard InChI is InChI=1S/C20H25N3O3S.ClH/c21-19(15-17-7-3-1-4-8-17)20(24)22-11-13-23(14-12-22)27(25,26)16-18-9-5-2-6-10-18;/h1-10,19H,11-16,21H2;1H/t19-;/m0./s1. The third kappa shape index (κ3) is 5.78. The fraction of sp³-hybridized carbons (Fsp3) is 0.350. The maximum atomic E-state index is 12.6. The van der Waals surface area contributed by atoms with Crippen LogP contribution in [0.4, 0.5) is 0 Å². The van der Waals surface area contributed by atoms with Gasteiger partial charge in [-0.2, -0.15) is 4.31 Å². The molecule has 0 radical (unpaired) electrons. The molecule has 1 saturated heterocycles. The van der Waals surface area contributed by atoms with Gasteiger partial charge in [0, 0.05) is 26.2 Å². The molecule has 0 bridgehead atoms. The second-order valence-corrected chi connectivity index (χ2v) is 8.73. The highest BCUT2D eigenvalue weighted by molar-refractivity contribution is 7.88. The summed E-state index contributed by atoms with van der Waals surface area (Å²) >= 11 is 0. The highest BCUT2D eigenvalue weighted by Crippen LogP contribution is 2.14. The molecule has 8 heteroatoms. The Bertz CT molecular complexity index is 855. The van der Waals surface area contributed by atoms with Gasteiger partial charge in [-0.15, -0.1) is 12.4 Å². The van der Waals surface area contributed by atoms with Crippen LogP contribution in [0.2, 0.25) is 0 Å². The topological polar surface area (TPSA) is 83.7 Å². The summed E-state index contributed by atoms with van der Waals surface area (Å²) in [6, 6.07) is 18.2. The maximum Gasteiger partial charge on any atom is 0.239 e. The molecular formula is C20H26ClN3O3S. The minimum atomic E-state index is -3.39. The van der Waals surface area contributed by atoms with E-state index < -0.39 is 16.1 Å². The van der Waals surface area contributed by atoms with Crippen molar-refractivity contribution in [1.29, 1.82) is 0 Å². The first-order valence-electron chi connectivity index (χ1n) is 9.06. The molecule has 6 nitrogen and oxygen atoms in total. The number of halogens is 1. The van der Waals surface area contributed by atoms with Crippen LogP contribution in [0.1, 0.15) is 11.1 Å². The van der Waals surface area contributed by atoms with Gasteiger partial charge >= 0.3 is 0 Å². The van der Waals surface area contributed by atoms with Crippen LogP contribution < -0.4 is 5.73 Å². The Labute approximate surface area is 172 Å². The van der Waals surface area contributed by atoms with Crippen LogP contribution in [0.25, 0.3) is 0 Å². The van der Waals surface area contributed by atoms with Crippen molar-refractivity contribution in [3.63, 3.8) is 0 Å². The number of hydrogen-bond acceptors (Lipinski definition) is 4. The number of carbonyl (C=O) groups excluding carboxylic acids is 1. The van der Waals surface area contributed by atoms with Gasteiger partial charge in [-0.25, -0.2) is 8.42 Å². The van der Waals surface area contributed by atoms with Crippen LogP contribution in [0.3, 0.4) is 0 Å². The molecule has 152 valence electrons. The second-order valence-electron chi connectivity index (χ2n) is 6.76. The van der Waals surface area contributed by atoms with Crippen LogP contribution in [0.5, 0.6) is 0 Å². The largest absolute Gasteiger partial charge is 0.339 e. The SMILES string of the molecule is Cl.N[C@@H](Cc1ccccc1)C(=O)N1CCN(S(=O)(=O)Cc2ccccc2)CC1. The van der Waals surface area contributed by atoms with Gasteiger partial charge in [0.15, 0.2) is 0 Å². The van der Waals surface area contributed by atoms with Crippen molar-refractivity contribution in [3.8, 4) is 0 Å². The van der Waals surface area contributed by atoms with Crippen LogP contribution >= 0.6 is 12.4 Å². The van der Waals surface area contributed by atoms with Crippen LogP contribution in [0.15, 0.2) is 60.7 Å². The average molecular weight is 424 g/mol. The summed E-state index contributed by atoms with van der Waals surface area (Å²) in [5, 5.41) is 0. The van der Waals surface area contributed by atoms with Gasteiger partial charge in [-0.05, 0) is 17.5 Å². The van der Waals surface area contributed by atoms with Crippen molar-refractivity contribution in [3.05, 3.63) is 71.8 Å². The fourth-order valence-corrected chi connectivity index (χ4v) is 4.77. The Kier molecular flexibility index (Phi) is 8.00. The molecule has 1 atom stereocenters. The third-order valence-electron chi connectivity index (χ3n) is 4.75. The van der Waals surface area contributed by atoms with Crippen molar-refractivity contribution in [2.75, 3.05) is 26.2 Å². The van der Waals surface area contributed by atoms with Crippen LogP contribution in [-0.2, 0) is 27.0 Å². The van der Waals surface area contributed by atoms with Crippen LogP contribution in [-0.4, -0.2) is 55.8 Å². The molecule has 2 aromatic rings. The van der Waals surface area contributed by atoms with E-state index >= 15 is 0 Å². The first-order chi connectivity index (χ1) is 13.0. The molecule has 1 aliphatic rings. The van der Waals surface area contributed by atoms with Gasteiger partial charge in [-0.3, -0.25) is 4.79 Å². The predicted molar refractivity (Wildman–Crippen MR) is 113 cm³/mol. The van der Waals surface area contributed by atoms with E-state index in [0.717, 1.165) is 11.1 Å². The highest BCUT2D eigenvalue weighted by atomic mass is 35.5. The van der Waals surface area contributed by atoms with E-state index in [1.165, 1.54) is 4.31 Å². The third-order valence-corrected chi connectivity index (χ3v) is 6.60. The Morgan fingerprint density at radius 3 is 1.93 bits per heavy atom. The Balaban J connectivity index is 0.00000280. The first kappa shape index (κ1) is 22.4. The molecule has 28 heavy (non-hydrogen) atoms. The molecule has 2 aromatic carbocycles. The fourth-order valence-electron chi connectivity index (χ4n) is 3.25. The smallest absolute Gasteiger partial charge is 0.239 e. The minimum Gasteiger partial charge on any atom is -0.339 e. The van der Waals surface area contributed by atoms with E-state index in [2.05, 4.69) is 0 Å². The lowest BCUT2D eigenvalue weighted by Crippen LogP contribution is -2.54. The van der Waals surface area contributed by atoms with Gasteiger partial charge in [0.05, 0.1) is 11.8 Å². The Hall–Kier alpha value is -1.93. The maximum absolute atomic E-state index is 12.6. The number of nitrogens with zero attached hydrogens (tertiary/aromatic N) is 2. The summed E-state index contributed by atoms with van der Waals surface area (Å²) < 4.78 is 26.7. The monoisotopic (exact) mass is 423 g/mol. The lowest BCUT2D eigenvalue weighted by Gasteiger charge is -2.35. The van der Waals surface area contributed by atoms with Gasteiger partial charge in [-0.1, -0.05) is 60.7 Å². The van der Waals surface area contributed by atoms with E-state index in [4.69, 9.17) is 5.73 Å². The summed E-state index contributed by atoms with van der Waals surface area (Å²) in [4.78, 5) is 14.3. The van der Waals surface area contributed by atoms with Crippen molar-refractivity contribution < 1.29 is 13.2 Å². The molecule has 1 aliphatic heterocycles. The molecule has 2 N–H and O–H groups in total. The number of benzene rings is 2. The highest BCUT2D eigenvalue weighted by Gasteiger charge is 2.30.